The Labute approximate surface area is 144 Å². The number of anilines is 2. The van der Waals surface area contributed by atoms with Crippen molar-refractivity contribution in [2.24, 2.45) is 0 Å². The molecule has 0 aromatic heterocycles. The first-order valence-corrected chi connectivity index (χ1v) is 8.94. The summed E-state index contributed by atoms with van der Waals surface area (Å²) in [5.41, 5.74) is 5.68. The molecule has 2 aromatic carbocycles. The summed E-state index contributed by atoms with van der Waals surface area (Å²) in [6, 6.07) is 9.30. The number of nitrogens with two attached hydrogens (primary N) is 1. The number of hydrogen-bond acceptors (Lipinski definition) is 8. The Morgan fingerprint density at radius 1 is 1.24 bits per heavy atom. The highest BCUT2D eigenvalue weighted by Crippen LogP contribution is 2.26. The zero-order valence-corrected chi connectivity index (χ0v) is 14.2. The average molecular weight is 365 g/mol. The lowest BCUT2D eigenvalue weighted by molar-refractivity contribution is 0.0526. The molecule has 0 bridgehead atoms. The molecule has 0 saturated carbocycles. The lowest BCUT2D eigenvalue weighted by atomic mass is 10.1. The van der Waals surface area contributed by atoms with Crippen LogP contribution in [0.1, 0.15) is 22.8 Å². The SMILES string of the molecule is CCOC(=O)c1ccc(CS(=O)(=O)c2ccc(N)cc2)c(N([O-])O)c1. The Balaban J connectivity index is 2.38. The molecular weight excluding hydrogens is 348 g/mol. The average Bonchev–Trinajstić information content (AvgIpc) is 2.55. The fourth-order valence-corrected chi connectivity index (χ4v) is 3.54. The minimum Gasteiger partial charge on any atom is -0.733 e. The highest BCUT2D eigenvalue weighted by Gasteiger charge is 2.19. The summed E-state index contributed by atoms with van der Waals surface area (Å²) in [6.07, 6.45) is 0. The molecule has 0 unspecified atom stereocenters. The van der Waals surface area contributed by atoms with Crippen LogP contribution in [0.3, 0.4) is 0 Å². The van der Waals surface area contributed by atoms with Crippen LogP contribution < -0.4 is 11.0 Å². The number of carbonyl (C=O) groups excluding carboxylic acids is 1. The van der Waals surface area contributed by atoms with Gasteiger partial charge in [0.05, 0.1) is 28.5 Å². The molecule has 0 amide bonds. The highest BCUT2D eigenvalue weighted by molar-refractivity contribution is 7.90. The van der Waals surface area contributed by atoms with Crippen molar-refractivity contribution in [2.45, 2.75) is 17.6 Å². The van der Waals surface area contributed by atoms with E-state index in [1.807, 2.05) is 0 Å². The summed E-state index contributed by atoms with van der Waals surface area (Å²) in [7, 11) is -3.78. The Bertz CT molecular complexity index is 863. The van der Waals surface area contributed by atoms with E-state index in [4.69, 9.17) is 10.5 Å². The van der Waals surface area contributed by atoms with Gasteiger partial charge >= 0.3 is 5.97 Å². The number of rotatable bonds is 6. The van der Waals surface area contributed by atoms with Crippen LogP contribution in [0.4, 0.5) is 11.4 Å². The molecule has 0 spiro atoms. The Morgan fingerprint density at radius 2 is 1.88 bits per heavy atom. The van der Waals surface area contributed by atoms with E-state index in [-0.39, 0.29) is 28.3 Å². The van der Waals surface area contributed by atoms with Gasteiger partial charge in [-0.15, -0.1) is 0 Å². The lowest BCUT2D eigenvalue weighted by Crippen LogP contribution is -2.15. The maximum absolute atomic E-state index is 12.5. The number of ether oxygens (including phenoxy) is 1. The minimum atomic E-state index is -3.78. The fraction of sp³-hybridized carbons (Fsp3) is 0.188. The first kappa shape index (κ1) is 18.7. The minimum absolute atomic E-state index is 0.0255. The van der Waals surface area contributed by atoms with Gasteiger partial charge in [0.25, 0.3) is 0 Å². The van der Waals surface area contributed by atoms with Gasteiger partial charge in [-0.1, -0.05) is 6.07 Å². The highest BCUT2D eigenvalue weighted by atomic mass is 32.2. The van der Waals surface area contributed by atoms with Crippen molar-refractivity contribution < 1.29 is 23.2 Å². The first-order valence-electron chi connectivity index (χ1n) is 7.29. The van der Waals surface area contributed by atoms with Crippen LogP contribution in [0.15, 0.2) is 47.4 Å². The van der Waals surface area contributed by atoms with Crippen molar-refractivity contribution in [3.8, 4) is 0 Å². The second-order valence-corrected chi connectivity index (χ2v) is 7.15. The molecule has 0 aliphatic heterocycles. The summed E-state index contributed by atoms with van der Waals surface area (Å²) < 4.78 is 29.8. The Kier molecular flexibility index (Phi) is 5.62. The van der Waals surface area contributed by atoms with Crippen molar-refractivity contribution in [2.75, 3.05) is 17.6 Å². The Morgan fingerprint density at radius 3 is 2.44 bits per heavy atom. The Hall–Kier alpha value is -2.62. The molecule has 0 radical (unpaired) electrons. The number of carbonyl (C=O) groups is 1. The molecule has 8 nitrogen and oxygen atoms in total. The zero-order chi connectivity index (χ0) is 18.6. The summed E-state index contributed by atoms with van der Waals surface area (Å²) >= 11 is 0. The molecule has 0 aliphatic carbocycles. The largest absolute Gasteiger partial charge is 0.733 e. The van der Waals surface area contributed by atoms with Gasteiger partial charge in [-0.25, -0.2) is 13.2 Å². The van der Waals surface area contributed by atoms with Gasteiger partial charge in [-0.3, -0.25) is 5.21 Å². The number of nitrogens with zero attached hydrogens (tertiary/aromatic N) is 1. The molecule has 0 fully saturated rings. The molecule has 9 heteroatoms. The number of esters is 1. The van der Waals surface area contributed by atoms with Crippen LogP contribution in [0, 0.1) is 5.21 Å². The predicted molar refractivity (Wildman–Crippen MR) is 91.8 cm³/mol. The van der Waals surface area contributed by atoms with Crippen molar-refractivity contribution in [3.63, 3.8) is 0 Å². The molecule has 0 heterocycles. The van der Waals surface area contributed by atoms with Crippen LogP contribution >= 0.6 is 0 Å². The summed E-state index contributed by atoms with van der Waals surface area (Å²) in [5.74, 6) is -1.21. The van der Waals surface area contributed by atoms with E-state index < -0.39 is 26.8 Å². The maximum atomic E-state index is 12.5. The van der Waals surface area contributed by atoms with E-state index in [0.717, 1.165) is 6.07 Å². The van der Waals surface area contributed by atoms with E-state index in [0.29, 0.717) is 5.69 Å². The quantitative estimate of drug-likeness (QED) is 0.452. The van der Waals surface area contributed by atoms with E-state index in [1.54, 1.807) is 6.92 Å². The number of hydrogen-bond donors (Lipinski definition) is 2. The van der Waals surface area contributed by atoms with E-state index in [1.165, 1.54) is 36.4 Å². The van der Waals surface area contributed by atoms with Gasteiger partial charge in [-0.2, -0.15) is 0 Å². The van der Waals surface area contributed by atoms with Gasteiger partial charge < -0.3 is 20.9 Å². The molecule has 134 valence electrons. The molecule has 25 heavy (non-hydrogen) atoms. The summed E-state index contributed by atoms with van der Waals surface area (Å²) in [6.45, 7) is 1.76. The monoisotopic (exact) mass is 365 g/mol. The standard InChI is InChI=1S/C16H17N2O6S/c1-2-24-16(19)11-3-4-12(15(9-11)18(20)21)10-25(22,23)14-7-5-13(17)6-8-14/h3-9,20H,2,10,17H2,1H3/q-1. The number of sulfone groups is 1. The summed E-state index contributed by atoms with van der Waals surface area (Å²) in [5, 5.41) is 20.2. The van der Waals surface area contributed by atoms with Gasteiger partial charge in [0.1, 0.15) is 0 Å². The maximum Gasteiger partial charge on any atom is 0.338 e. The molecule has 0 aliphatic rings. The lowest BCUT2D eigenvalue weighted by Gasteiger charge is -2.25. The number of nitrogen functional groups attached to an aromatic ring is 1. The van der Waals surface area contributed by atoms with Crippen LogP contribution in [0.2, 0.25) is 0 Å². The van der Waals surface area contributed by atoms with Crippen molar-refractivity contribution in [1.29, 1.82) is 0 Å². The van der Waals surface area contributed by atoms with Crippen molar-refractivity contribution in [3.05, 3.63) is 58.8 Å². The van der Waals surface area contributed by atoms with E-state index in [2.05, 4.69) is 0 Å². The second kappa shape index (κ2) is 7.51. The van der Waals surface area contributed by atoms with Gasteiger partial charge in [0, 0.05) is 5.69 Å². The van der Waals surface area contributed by atoms with E-state index >= 15 is 0 Å². The third-order valence-electron chi connectivity index (χ3n) is 3.39. The fourth-order valence-electron chi connectivity index (χ4n) is 2.17. The first-order chi connectivity index (χ1) is 11.7. The third kappa shape index (κ3) is 4.47. The molecular formula is C16H17N2O6S-. The van der Waals surface area contributed by atoms with Gasteiger partial charge in [-0.05, 0) is 48.9 Å². The molecule has 2 aromatic rings. The topological polar surface area (TPSA) is 133 Å². The third-order valence-corrected chi connectivity index (χ3v) is 5.07. The van der Waals surface area contributed by atoms with Crippen LogP contribution in [0.5, 0.6) is 0 Å². The molecule has 0 atom stereocenters. The predicted octanol–water partition coefficient (Wildman–Crippen LogP) is 2.11. The van der Waals surface area contributed by atoms with Gasteiger partial charge in [0.2, 0.25) is 0 Å². The van der Waals surface area contributed by atoms with Crippen molar-refractivity contribution >= 4 is 27.2 Å². The van der Waals surface area contributed by atoms with Crippen LogP contribution in [-0.2, 0) is 20.3 Å². The molecule has 2 rings (SSSR count). The van der Waals surface area contributed by atoms with E-state index in [9.17, 15) is 23.6 Å². The summed E-state index contributed by atoms with van der Waals surface area (Å²) in [4.78, 5) is 11.7. The van der Waals surface area contributed by atoms with Gasteiger partial charge in [0.15, 0.2) is 9.84 Å². The number of benzene rings is 2. The van der Waals surface area contributed by atoms with Crippen LogP contribution in [0.25, 0.3) is 0 Å². The zero-order valence-electron chi connectivity index (χ0n) is 13.4. The smallest absolute Gasteiger partial charge is 0.338 e. The second-order valence-electron chi connectivity index (χ2n) is 5.17. The molecule has 0 saturated heterocycles. The van der Waals surface area contributed by atoms with Crippen molar-refractivity contribution in [1.82, 2.24) is 0 Å². The normalized spacial score (nSPS) is 11.2. The van der Waals surface area contributed by atoms with Crippen LogP contribution in [-0.4, -0.2) is 26.2 Å². The molecule has 3 N–H and O–H groups in total.